The van der Waals surface area contributed by atoms with E-state index >= 15 is 0 Å². The van der Waals surface area contributed by atoms with Gasteiger partial charge in [0.15, 0.2) is 0 Å². The molecule has 4 heteroatoms. The van der Waals surface area contributed by atoms with Gasteiger partial charge in [0.1, 0.15) is 0 Å². The van der Waals surface area contributed by atoms with Gasteiger partial charge in [-0.05, 0) is 23.5 Å². The summed E-state index contributed by atoms with van der Waals surface area (Å²) in [5, 5.41) is 0. The van der Waals surface area contributed by atoms with Crippen LogP contribution in [-0.4, -0.2) is 25.0 Å². The normalized spacial score (nSPS) is 21.5. The Bertz CT molecular complexity index is 508. The number of sulfonamides is 1. The molecule has 0 saturated carbocycles. The molecule has 1 aromatic rings. The van der Waals surface area contributed by atoms with Crippen LogP contribution in [0.25, 0.3) is 0 Å². The fourth-order valence-electron chi connectivity index (χ4n) is 2.45. The Morgan fingerprint density at radius 1 is 1.24 bits per heavy atom. The van der Waals surface area contributed by atoms with Crippen LogP contribution in [0.15, 0.2) is 24.3 Å². The van der Waals surface area contributed by atoms with Crippen molar-refractivity contribution in [2.45, 2.75) is 32.9 Å². The molecule has 1 aromatic carbocycles. The van der Waals surface area contributed by atoms with Gasteiger partial charge < -0.3 is 0 Å². The van der Waals surface area contributed by atoms with Crippen LogP contribution in [0.5, 0.6) is 0 Å². The summed E-state index contributed by atoms with van der Waals surface area (Å²) in [6.07, 6.45) is 2.12. The lowest BCUT2D eigenvalue weighted by atomic mass is 9.90. The van der Waals surface area contributed by atoms with Crippen molar-refractivity contribution >= 4 is 10.0 Å². The van der Waals surface area contributed by atoms with E-state index < -0.39 is 10.0 Å². The largest absolute Gasteiger partial charge is 0.212 e. The minimum atomic E-state index is -3.13. The van der Waals surface area contributed by atoms with Crippen molar-refractivity contribution in [2.24, 2.45) is 5.92 Å². The Labute approximate surface area is 104 Å². The molecular weight excluding hydrogens is 234 g/mol. The van der Waals surface area contributed by atoms with Gasteiger partial charge in [-0.25, -0.2) is 8.42 Å². The van der Waals surface area contributed by atoms with E-state index in [0.29, 0.717) is 12.5 Å². The summed E-state index contributed by atoms with van der Waals surface area (Å²) in [6.45, 7) is 4.67. The molecule has 0 bridgehead atoms. The van der Waals surface area contributed by atoms with Crippen LogP contribution >= 0.6 is 0 Å². The van der Waals surface area contributed by atoms with Crippen LogP contribution in [0.2, 0.25) is 0 Å². The molecule has 0 aromatic heterocycles. The van der Waals surface area contributed by atoms with Crippen LogP contribution in [0, 0.1) is 5.92 Å². The number of benzene rings is 1. The summed E-state index contributed by atoms with van der Waals surface area (Å²) in [5.74, 6) is 0.332. The number of hydrogen-bond donors (Lipinski definition) is 0. The third-order valence-corrected chi connectivity index (χ3v) is 4.69. The third kappa shape index (κ3) is 2.53. The van der Waals surface area contributed by atoms with Crippen LogP contribution in [0.3, 0.4) is 0 Å². The first kappa shape index (κ1) is 12.6. The van der Waals surface area contributed by atoms with Crippen molar-refractivity contribution in [2.75, 3.05) is 6.26 Å². The second-order valence-corrected chi connectivity index (χ2v) is 7.03. The SMILES string of the molecule is CC(C)[C@H]1Cc2ccccc2CN1S(C)(=O)=O. The maximum absolute atomic E-state index is 11.8. The van der Waals surface area contributed by atoms with E-state index in [2.05, 4.69) is 19.9 Å². The van der Waals surface area contributed by atoms with E-state index in [9.17, 15) is 8.42 Å². The first-order valence-corrected chi connectivity index (χ1v) is 7.78. The molecule has 0 amide bonds. The van der Waals surface area contributed by atoms with Gasteiger partial charge in [0.05, 0.1) is 6.26 Å². The van der Waals surface area contributed by atoms with Crippen molar-refractivity contribution in [1.82, 2.24) is 4.31 Å². The summed E-state index contributed by atoms with van der Waals surface area (Å²) in [6, 6.07) is 8.19. The molecule has 0 saturated heterocycles. The molecule has 0 N–H and O–H groups in total. The van der Waals surface area contributed by atoms with Gasteiger partial charge in [0.2, 0.25) is 10.0 Å². The van der Waals surface area contributed by atoms with E-state index in [0.717, 1.165) is 12.0 Å². The summed E-state index contributed by atoms with van der Waals surface area (Å²) in [7, 11) is -3.13. The van der Waals surface area contributed by atoms with Gasteiger partial charge >= 0.3 is 0 Å². The van der Waals surface area contributed by atoms with Gasteiger partial charge in [-0.3, -0.25) is 0 Å². The molecule has 3 nitrogen and oxygen atoms in total. The van der Waals surface area contributed by atoms with E-state index in [-0.39, 0.29) is 6.04 Å². The summed E-state index contributed by atoms with van der Waals surface area (Å²) >= 11 is 0. The highest BCUT2D eigenvalue weighted by molar-refractivity contribution is 7.88. The number of hydrogen-bond acceptors (Lipinski definition) is 2. The number of fused-ring (bicyclic) bond motifs is 1. The topological polar surface area (TPSA) is 37.4 Å². The molecule has 94 valence electrons. The van der Waals surface area contributed by atoms with Gasteiger partial charge in [0, 0.05) is 12.6 Å². The van der Waals surface area contributed by atoms with E-state index in [1.807, 2.05) is 18.2 Å². The minimum Gasteiger partial charge on any atom is -0.212 e. The lowest BCUT2D eigenvalue weighted by Crippen LogP contribution is -2.46. The zero-order valence-electron chi connectivity index (χ0n) is 10.6. The third-order valence-electron chi connectivity index (χ3n) is 3.44. The highest BCUT2D eigenvalue weighted by atomic mass is 32.2. The van der Waals surface area contributed by atoms with Crippen LogP contribution in [-0.2, 0) is 23.0 Å². The van der Waals surface area contributed by atoms with Crippen molar-refractivity contribution in [1.29, 1.82) is 0 Å². The molecule has 17 heavy (non-hydrogen) atoms. The fraction of sp³-hybridized carbons (Fsp3) is 0.538. The molecule has 1 heterocycles. The smallest absolute Gasteiger partial charge is 0.211 e. The van der Waals surface area contributed by atoms with Crippen molar-refractivity contribution in [3.05, 3.63) is 35.4 Å². The molecule has 0 spiro atoms. The second kappa shape index (κ2) is 4.42. The molecular formula is C13H19NO2S. The molecule has 0 aliphatic carbocycles. The molecule has 0 radical (unpaired) electrons. The average molecular weight is 253 g/mol. The molecule has 1 atom stereocenters. The van der Waals surface area contributed by atoms with E-state index in [1.165, 1.54) is 11.8 Å². The zero-order valence-corrected chi connectivity index (χ0v) is 11.4. The van der Waals surface area contributed by atoms with Crippen LogP contribution < -0.4 is 0 Å². The maximum atomic E-state index is 11.8. The molecule has 0 unspecified atom stereocenters. The highest BCUT2D eigenvalue weighted by Crippen LogP contribution is 2.28. The summed E-state index contributed by atoms with van der Waals surface area (Å²) in [4.78, 5) is 0. The highest BCUT2D eigenvalue weighted by Gasteiger charge is 2.33. The average Bonchev–Trinajstić information content (AvgIpc) is 2.26. The Morgan fingerprint density at radius 3 is 2.35 bits per heavy atom. The van der Waals surface area contributed by atoms with Crippen molar-refractivity contribution in [3.8, 4) is 0 Å². The Hall–Kier alpha value is -0.870. The van der Waals surface area contributed by atoms with E-state index in [1.54, 1.807) is 4.31 Å². The van der Waals surface area contributed by atoms with Crippen molar-refractivity contribution in [3.63, 3.8) is 0 Å². The summed E-state index contributed by atoms with van der Waals surface area (Å²) < 4.78 is 25.3. The standard InChI is InChI=1S/C13H19NO2S/c1-10(2)13-8-11-6-4-5-7-12(11)9-14(13)17(3,15)16/h4-7,10,13H,8-9H2,1-3H3/t13-/m1/s1. The minimum absolute atomic E-state index is 0.0832. The molecule has 1 aliphatic rings. The predicted molar refractivity (Wildman–Crippen MR) is 69.2 cm³/mol. The Kier molecular flexibility index (Phi) is 3.27. The van der Waals surface area contributed by atoms with E-state index in [4.69, 9.17) is 0 Å². The Balaban J connectivity index is 2.42. The number of nitrogens with zero attached hydrogens (tertiary/aromatic N) is 1. The zero-order chi connectivity index (χ0) is 12.6. The van der Waals surface area contributed by atoms with Gasteiger partial charge in [-0.2, -0.15) is 4.31 Å². The molecule has 2 rings (SSSR count). The quantitative estimate of drug-likeness (QED) is 0.808. The number of rotatable bonds is 2. The predicted octanol–water partition coefficient (Wildman–Crippen LogP) is 2.03. The monoisotopic (exact) mass is 253 g/mol. The lowest BCUT2D eigenvalue weighted by molar-refractivity contribution is 0.236. The molecule has 0 fully saturated rings. The molecule has 1 aliphatic heterocycles. The first-order chi connectivity index (χ1) is 7.89. The summed E-state index contributed by atoms with van der Waals surface area (Å²) in [5.41, 5.74) is 2.42. The van der Waals surface area contributed by atoms with Crippen LogP contribution in [0.1, 0.15) is 25.0 Å². The van der Waals surface area contributed by atoms with Gasteiger partial charge in [0.25, 0.3) is 0 Å². The van der Waals surface area contributed by atoms with Crippen LogP contribution in [0.4, 0.5) is 0 Å². The van der Waals surface area contributed by atoms with Gasteiger partial charge in [-0.1, -0.05) is 38.1 Å². The fourth-order valence-corrected chi connectivity index (χ4v) is 3.64. The maximum Gasteiger partial charge on any atom is 0.211 e. The second-order valence-electron chi connectivity index (χ2n) is 5.09. The lowest BCUT2D eigenvalue weighted by Gasteiger charge is -2.37. The van der Waals surface area contributed by atoms with Gasteiger partial charge in [-0.15, -0.1) is 0 Å². The Morgan fingerprint density at radius 2 is 1.82 bits per heavy atom. The van der Waals surface area contributed by atoms with Crippen molar-refractivity contribution < 1.29 is 8.42 Å². The first-order valence-electron chi connectivity index (χ1n) is 5.93.